The molecule has 9 aromatic rings. The Kier molecular flexibility index (Phi) is 6.61. The average Bonchev–Trinajstić information content (AvgIpc) is 3.60. The highest BCUT2D eigenvalue weighted by Gasteiger charge is 2.15. The van der Waals surface area contributed by atoms with E-state index < -0.39 is 0 Å². The Morgan fingerprint density at radius 3 is 1.68 bits per heavy atom. The van der Waals surface area contributed by atoms with Crippen LogP contribution in [0.15, 0.2) is 158 Å². The third kappa shape index (κ3) is 5.13. The van der Waals surface area contributed by atoms with Crippen LogP contribution in [0.25, 0.3) is 87.6 Å². The summed E-state index contributed by atoms with van der Waals surface area (Å²) in [4.78, 5) is 19.9. The SMILES string of the molecule is c1ccc(-c2nc(-c3cccc(-c4ccc5ccc6nc(-c7ccccc7)sc6c5c4)c3)nc(-c3ccc4ccccc4c3)n2)cc1. The molecule has 0 N–H and O–H groups in total. The van der Waals surface area contributed by atoms with Gasteiger partial charge in [0.25, 0.3) is 0 Å². The Morgan fingerprint density at radius 1 is 0.340 bits per heavy atom. The molecule has 2 aromatic heterocycles. The second-order valence-electron chi connectivity index (χ2n) is 11.5. The van der Waals surface area contributed by atoms with Crippen molar-refractivity contribution < 1.29 is 0 Å². The van der Waals surface area contributed by atoms with Crippen LogP contribution in [-0.2, 0) is 0 Å². The maximum atomic E-state index is 5.03. The Labute approximate surface area is 275 Å². The van der Waals surface area contributed by atoms with Crippen molar-refractivity contribution in [3.05, 3.63) is 158 Å². The summed E-state index contributed by atoms with van der Waals surface area (Å²) in [5.41, 5.74) is 7.24. The fourth-order valence-electron chi connectivity index (χ4n) is 6.11. The predicted octanol–water partition coefficient (Wildman–Crippen LogP) is 11.1. The Morgan fingerprint density at radius 2 is 0.894 bits per heavy atom. The fourth-order valence-corrected chi connectivity index (χ4v) is 7.20. The number of fused-ring (bicyclic) bond motifs is 4. The number of benzene rings is 7. The molecule has 0 aliphatic heterocycles. The van der Waals surface area contributed by atoms with E-state index in [9.17, 15) is 0 Å². The zero-order chi connectivity index (χ0) is 31.2. The first-order valence-electron chi connectivity index (χ1n) is 15.6. The van der Waals surface area contributed by atoms with Gasteiger partial charge < -0.3 is 0 Å². The largest absolute Gasteiger partial charge is 0.236 e. The molecule has 5 heteroatoms. The molecule has 0 radical (unpaired) electrons. The number of hydrogen-bond donors (Lipinski definition) is 0. The van der Waals surface area contributed by atoms with Crippen LogP contribution in [0.5, 0.6) is 0 Å². The van der Waals surface area contributed by atoms with Crippen molar-refractivity contribution in [1.82, 2.24) is 19.9 Å². The first kappa shape index (κ1) is 27.3. The fraction of sp³-hybridized carbons (Fsp3) is 0. The summed E-state index contributed by atoms with van der Waals surface area (Å²) >= 11 is 1.75. The lowest BCUT2D eigenvalue weighted by molar-refractivity contribution is 1.07. The van der Waals surface area contributed by atoms with E-state index >= 15 is 0 Å². The van der Waals surface area contributed by atoms with Gasteiger partial charge in [-0.1, -0.05) is 133 Å². The molecule has 4 nitrogen and oxygen atoms in total. The van der Waals surface area contributed by atoms with Gasteiger partial charge in [0.1, 0.15) is 5.01 Å². The van der Waals surface area contributed by atoms with Gasteiger partial charge in [-0.2, -0.15) is 0 Å². The van der Waals surface area contributed by atoms with Crippen LogP contribution >= 0.6 is 11.3 Å². The van der Waals surface area contributed by atoms with Crippen LogP contribution in [0.2, 0.25) is 0 Å². The topological polar surface area (TPSA) is 51.6 Å². The van der Waals surface area contributed by atoms with Gasteiger partial charge >= 0.3 is 0 Å². The number of aromatic nitrogens is 4. The maximum absolute atomic E-state index is 5.03. The number of rotatable bonds is 5. The maximum Gasteiger partial charge on any atom is 0.164 e. The normalized spacial score (nSPS) is 11.4. The quantitative estimate of drug-likeness (QED) is 0.193. The molecule has 0 aliphatic carbocycles. The van der Waals surface area contributed by atoms with E-state index in [4.69, 9.17) is 19.9 Å². The summed E-state index contributed by atoms with van der Waals surface area (Å²) in [7, 11) is 0. The van der Waals surface area contributed by atoms with Gasteiger partial charge in [0.2, 0.25) is 0 Å². The molecule has 0 saturated heterocycles. The van der Waals surface area contributed by atoms with Crippen molar-refractivity contribution in [2.45, 2.75) is 0 Å². The Bertz CT molecular complexity index is 2580. The lowest BCUT2D eigenvalue weighted by atomic mass is 9.99. The van der Waals surface area contributed by atoms with Gasteiger partial charge in [-0.3, -0.25) is 0 Å². The lowest BCUT2D eigenvalue weighted by Crippen LogP contribution is -2.00. The Balaban J connectivity index is 1.16. The number of thiazole rings is 1. The highest BCUT2D eigenvalue weighted by molar-refractivity contribution is 7.22. The van der Waals surface area contributed by atoms with Crippen LogP contribution in [0.4, 0.5) is 0 Å². The number of hydrogen-bond acceptors (Lipinski definition) is 5. The van der Waals surface area contributed by atoms with Crippen LogP contribution in [0, 0.1) is 0 Å². The third-order valence-corrected chi connectivity index (χ3v) is 9.68. The molecular formula is C42H26N4S. The number of nitrogens with zero attached hydrogens (tertiary/aromatic N) is 4. The highest BCUT2D eigenvalue weighted by atomic mass is 32.1. The summed E-state index contributed by atoms with van der Waals surface area (Å²) in [6.45, 7) is 0. The molecule has 0 fully saturated rings. The predicted molar refractivity (Wildman–Crippen MR) is 195 cm³/mol. The molecule has 2 heterocycles. The van der Waals surface area contributed by atoms with Gasteiger partial charge in [-0.05, 0) is 51.6 Å². The standard InChI is InChI=1S/C42H26N4S/c1-3-11-29(12-4-1)39-44-40(46-41(45-39)35-21-18-27-10-7-8-15-31(27)24-35)34-17-9-16-32(25-34)33-20-19-28-22-23-37-38(36(28)26-33)47-42(43-37)30-13-5-2-6-14-30/h1-26H. The minimum atomic E-state index is 0.641. The van der Waals surface area contributed by atoms with Gasteiger partial charge in [-0.15, -0.1) is 11.3 Å². The molecule has 47 heavy (non-hydrogen) atoms. The molecule has 9 rings (SSSR count). The van der Waals surface area contributed by atoms with Crippen molar-refractivity contribution in [2.24, 2.45) is 0 Å². The molecule has 0 atom stereocenters. The van der Waals surface area contributed by atoms with E-state index in [1.807, 2.05) is 36.4 Å². The van der Waals surface area contributed by atoms with Crippen LogP contribution in [0.1, 0.15) is 0 Å². The third-order valence-electron chi connectivity index (χ3n) is 8.52. The van der Waals surface area contributed by atoms with Gasteiger partial charge in [0.15, 0.2) is 17.5 Å². The monoisotopic (exact) mass is 618 g/mol. The van der Waals surface area contributed by atoms with Crippen LogP contribution in [-0.4, -0.2) is 19.9 Å². The van der Waals surface area contributed by atoms with E-state index in [0.29, 0.717) is 17.5 Å². The second-order valence-corrected chi connectivity index (χ2v) is 12.5. The molecule has 0 amide bonds. The van der Waals surface area contributed by atoms with Gasteiger partial charge in [0.05, 0.1) is 10.2 Å². The molecule has 7 aromatic carbocycles. The smallest absolute Gasteiger partial charge is 0.164 e. The molecular weight excluding hydrogens is 593 g/mol. The minimum absolute atomic E-state index is 0.641. The minimum Gasteiger partial charge on any atom is -0.236 e. The average molecular weight is 619 g/mol. The zero-order valence-electron chi connectivity index (χ0n) is 25.2. The van der Waals surface area contributed by atoms with E-state index in [1.54, 1.807) is 11.3 Å². The van der Waals surface area contributed by atoms with E-state index in [1.165, 1.54) is 20.9 Å². The first-order chi connectivity index (χ1) is 23.2. The summed E-state index contributed by atoms with van der Waals surface area (Å²) in [6.07, 6.45) is 0. The summed E-state index contributed by atoms with van der Waals surface area (Å²) in [5, 5.41) is 5.77. The molecule has 220 valence electrons. The zero-order valence-corrected chi connectivity index (χ0v) is 26.0. The molecule has 0 unspecified atom stereocenters. The summed E-state index contributed by atoms with van der Waals surface area (Å²) in [5.74, 6) is 1.94. The summed E-state index contributed by atoms with van der Waals surface area (Å²) in [6, 6.07) is 54.7. The van der Waals surface area contributed by atoms with Crippen molar-refractivity contribution in [3.8, 4) is 55.9 Å². The molecule has 0 spiro atoms. The second kappa shape index (κ2) is 11.4. The van der Waals surface area contributed by atoms with Crippen molar-refractivity contribution >= 4 is 43.1 Å². The van der Waals surface area contributed by atoms with E-state index in [0.717, 1.165) is 49.3 Å². The molecule has 0 saturated carbocycles. The van der Waals surface area contributed by atoms with Crippen LogP contribution in [0.3, 0.4) is 0 Å². The van der Waals surface area contributed by atoms with Crippen molar-refractivity contribution in [2.75, 3.05) is 0 Å². The summed E-state index contributed by atoms with van der Waals surface area (Å²) < 4.78 is 1.20. The Hall–Kier alpha value is -6.04. The molecule has 0 bridgehead atoms. The van der Waals surface area contributed by atoms with Crippen molar-refractivity contribution in [1.29, 1.82) is 0 Å². The van der Waals surface area contributed by atoms with Gasteiger partial charge in [0, 0.05) is 27.6 Å². The van der Waals surface area contributed by atoms with Crippen LogP contribution < -0.4 is 0 Å². The van der Waals surface area contributed by atoms with Crippen molar-refractivity contribution in [3.63, 3.8) is 0 Å². The first-order valence-corrected chi connectivity index (χ1v) is 16.4. The van der Waals surface area contributed by atoms with E-state index in [-0.39, 0.29) is 0 Å². The lowest BCUT2D eigenvalue weighted by Gasteiger charge is -2.10. The highest BCUT2D eigenvalue weighted by Crippen LogP contribution is 2.37. The molecule has 0 aliphatic rings. The van der Waals surface area contributed by atoms with E-state index in [2.05, 4.69) is 121 Å². The van der Waals surface area contributed by atoms with Gasteiger partial charge in [-0.25, -0.2) is 19.9 Å².